The molecule has 2 aliphatic rings. The van der Waals surface area contributed by atoms with Crippen LogP contribution in [0.2, 0.25) is 0 Å². The summed E-state index contributed by atoms with van der Waals surface area (Å²) in [6.07, 6.45) is 0.378. The van der Waals surface area contributed by atoms with Crippen LogP contribution in [0.3, 0.4) is 0 Å². The summed E-state index contributed by atoms with van der Waals surface area (Å²) in [5.74, 6) is 0.772. The summed E-state index contributed by atoms with van der Waals surface area (Å²) >= 11 is 0. The van der Waals surface area contributed by atoms with Gasteiger partial charge in [-0.2, -0.15) is 0 Å². The second kappa shape index (κ2) is 8.31. The molecule has 2 fully saturated rings. The molecule has 0 bridgehead atoms. The molecule has 0 aliphatic carbocycles. The van der Waals surface area contributed by atoms with Crippen molar-refractivity contribution in [2.75, 3.05) is 46.5 Å². The number of hydrogen-bond donors (Lipinski definition) is 1. The lowest BCUT2D eigenvalue weighted by molar-refractivity contribution is -0.146. The molecule has 0 unspecified atom stereocenters. The van der Waals surface area contributed by atoms with Gasteiger partial charge in [-0.15, -0.1) is 0 Å². The Bertz CT molecular complexity index is 616. The van der Waals surface area contributed by atoms with Gasteiger partial charge in [-0.05, 0) is 17.7 Å². The Morgan fingerprint density at radius 1 is 1.40 bits per heavy atom. The fourth-order valence-electron chi connectivity index (χ4n) is 3.17. The van der Waals surface area contributed by atoms with Crippen molar-refractivity contribution in [2.45, 2.75) is 19.0 Å². The van der Waals surface area contributed by atoms with Crippen molar-refractivity contribution < 1.29 is 19.1 Å². The molecule has 2 aliphatic heterocycles. The van der Waals surface area contributed by atoms with Crippen LogP contribution in [0.15, 0.2) is 24.3 Å². The summed E-state index contributed by atoms with van der Waals surface area (Å²) in [5.41, 5.74) is 1.02. The Morgan fingerprint density at radius 3 is 3.00 bits per heavy atom. The van der Waals surface area contributed by atoms with E-state index in [-0.39, 0.29) is 24.4 Å². The minimum absolute atomic E-state index is 0.0115. The lowest BCUT2D eigenvalue weighted by Gasteiger charge is -2.35. The fraction of sp³-hybridized carbons (Fsp3) is 0.556. The average molecular weight is 347 g/mol. The maximum atomic E-state index is 12.4. The van der Waals surface area contributed by atoms with E-state index in [0.717, 1.165) is 17.9 Å². The van der Waals surface area contributed by atoms with Gasteiger partial charge in [0.05, 0.1) is 26.9 Å². The Kier molecular flexibility index (Phi) is 5.88. The summed E-state index contributed by atoms with van der Waals surface area (Å²) < 4.78 is 10.6. The van der Waals surface area contributed by atoms with E-state index in [1.165, 1.54) is 0 Å². The zero-order valence-electron chi connectivity index (χ0n) is 14.6. The molecule has 0 aromatic heterocycles. The van der Waals surface area contributed by atoms with Crippen LogP contribution in [-0.2, 0) is 20.9 Å². The van der Waals surface area contributed by atoms with Crippen molar-refractivity contribution >= 4 is 11.8 Å². The van der Waals surface area contributed by atoms with E-state index in [1.807, 2.05) is 24.3 Å². The molecule has 136 valence electrons. The van der Waals surface area contributed by atoms with Crippen molar-refractivity contribution in [3.8, 4) is 5.75 Å². The highest BCUT2D eigenvalue weighted by Gasteiger charge is 2.28. The molecule has 2 heterocycles. The first-order valence-corrected chi connectivity index (χ1v) is 8.65. The predicted molar refractivity (Wildman–Crippen MR) is 92.2 cm³/mol. The number of hydrogen-bond acceptors (Lipinski definition) is 5. The maximum Gasteiger partial charge on any atom is 0.242 e. The van der Waals surface area contributed by atoms with Gasteiger partial charge in [0.1, 0.15) is 5.75 Å². The largest absolute Gasteiger partial charge is 0.497 e. The summed E-state index contributed by atoms with van der Waals surface area (Å²) in [7, 11) is 1.63. The van der Waals surface area contributed by atoms with E-state index in [0.29, 0.717) is 39.3 Å². The van der Waals surface area contributed by atoms with Crippen LogP contribution in [0.1, 0.15) is 12.0 Å². The van der Waals surface area contributed by atoms with Crippen LogP contribution in [0.5, 0.6) is 5.75 Å². The molecule has 7 nitrogen and oxygen atoms in total. The number of carbonyl (C=O) groups is 2. The molecule has 1 aromatic rings. The van der Waals surface area contributed by atoms with Crippen molar-refractivity contribution in [1.82, 2.24) is 15.1 Å². The third-order valence-corrected chi connectivity index (χ3v) is 4.60. The topological polar surface area (TPSA) is 71.1 Å². The number of nitrogens with one attached hydrogen (secondary N) is 1. The Hall–Kier alpha value is -2.12. The number of nitrogens with zero attached hydrogens (tertiary/aromatic N) is 2. The molecule has 0 spiro atoms. The van der Waals surface area contributed by atoms with Gasteiger partial charge in [-0.25, -0.2) is 0 Å². The van der Waals surface area contributed by atoms with Crippen molar-refractivity contribution in [3.05, 3.63) is 29.8 Å². The highest BCUT2D eigenvalue weighted by molar-refractivity contribution is 5.86. The van der Waals surface area contributed by atoms with Gasteiger partial charge in [-0.1, -0.05) is 12.1 Å². The number of carbonyl (C=O) groups excluding carboxylic acids is 2. The minimum atomic E-state index is -0.0183. The van der Waals surface area contributed by atoms with Crippen molar-refractivity contribution in [2.24, 2.45) is 0 Å². The van der Waals surface area contributed by atoms with Gasteiger partial charge in [0.25, 0.3) is 0 Å². The average Bonchev–Trinajstić information content (AvgIpc) is 2.64. The molecule has 0 radical (unpaired) electrons. The smallest absolute Gasteiger partial charge is 0.242 e. The molecule has 7 heteroatoms. The predicted octanol–water partition coefficient (Wildman–Crippen LogP) is 0.245. The number of ether oxygens (including phenoxy) is 2. The molecule has 1 N–H and O–H groups in total. The fourth-order valence-corrected chi connectivity index (χ4v) is 3.17. The van der Waals surface area contributed by atoms with Crippen LogP contribution in [0.25, 0.3) is 0 Å². The van der Waals surface area contributed by atoms with Crippen LogP contribution in [-0.4, -0.2) is 74.2 Å². The van der Waals surface area contributed by atoms with E-state index >= 15 is 0 Å². The van der Waals surface area contributed by atoms with Gasteiger partial charge in [0.15, 0.2) is 0 Å². The Balaban J connectivity index is 1.51. The summed E-state index contributed by atoms with van der Waals surface area (Å²) in [6.45, 7) is 3.82. The maximum absolute atomic E-state index is 12.4. The van der Waals surface area contributed by atoms with Gasteiger partial charge < -0.3 is 24.6 Å². The number of benzene rings is 1. The monoisotopic (exact) mass is 347 g/mol. The zero-order valence-corrected chi connectivity index (χ0v) is 14.6. The van der Waals surface area contributed by atoms with Crippen LogP contribution in [0, 0.1) is 0 Å². The molecule has 1 atom stereocenters. The number of amides is 2. The van der Waals surface area contributed by atoms with Gasteiger partial charge in [-0.3, -0.25) is 9.59 Å². The Morgan fingerprint density at radius 2 is 2.28 bits per heavy atom. The van der Waals surface area contributed by atoms with Gasteiger partial charge >= 0.3 is 0 Å². The summed E-state index contributed by atoms with van der Waals surface area (Å²) in [6, 6.07) is 7.75. The first kappa shape index (κ1) is 17.7. The first-order valence-electron chi connectivity index (χ1n) is 8.65. The van der Waals surface area contributed by atoms with Crippen LogP contribution >= 0.6 is 0 Å². The second-order valence-corrected chi connectivity index (χ2v) is 6.41. The normalized spacial score (nSPS) is 21.3. The Labute approximate surface area is 147 Å². The SMILES string of the molecule is COc1cccc(CN2CCN(C(=O)C[C@@H]3COCCN3)CC2=O)c1. The van der Waals surface area contributed by atoms with E-state index in [2.05, 4.69) is 5.32 Å². The van der Waals surface area contributed by atoms with Gasteiger partial charge in [0, 0.05) is 38.6 Å². The summed E-state index contributed by atoms with van der Waals surface area (Å²) in [5, 5.41) is 3.27. The van der Waals surface area contributed by atoms with E-state index in [9.17, 15) is 9.59 Å². The first-order chi connectivity index (χ1) is 12.2. The molecule has 25 heavy (non-hydrogen) atoms. The highest BCUT2D eigenvalue weighted by Crippen LogP contribution is 2.16. The van der Waals surface area contributed by atoms with Crippen molar-refractivity contribution in [1.29, 1.82) is 0 Å². The number of piperazine rings is 1. The molecule has 2 amide bonds. The second-order valence-electron chi connectivity index (χ2n) is 6.41. The molecule has 2 saturated heterocycles. The van der Waals surface area contributed by atoms with E-state index in [4.69, 9.17) is 9.47 Å². The molecular formula is C18H25N3O4. The molecular weight excluding hydrogens is 322 g/mol. The van der Waals surface area contributed by atoms with E-state index < -0.39 is 0 Å². The quantitative estimate of drug-likeness (QED) is 0.826. The van der Waals surface area contributed by atoms with Crippen LogP contribution < -0.4 is 10.1 Å². The highest BCUT2D eigenvalue weighted by atomic mass is 16.5. The third-order valence-electron chi connectivity index (χ3n) is 4.60. The molecule has 3 rings (SSSR count). The lowest BCUT2D eigenvalue weighted by atomic mass is 10.1. The number of rotatable bonds is 5. The zero-order chi connectivity index (χ0) is 17.6. The molecule has 1 aromatic carbocycles. The van der Waals surface area contributed by atoms with Gasteiger partial charge in [0.2, 0.25) is 11.8 Å². The van der Waals surface area contributed by atoms with E-state index in [1.54, 1.807) is 16.9 Å². The molecule has 0 saturated carbocycles. The third kappa shape index (κ3) is 4.70. The van der Waals surface area contributed by atoms with Crippen LogP contribution in [0.4, 0.5) is 0 Å². The standard InChI is InChI=1S/C18H25N3O4/c1-24-16-4-2-3-14(9-16)11-20-6-7-21(12-18(20)23)17(22)10-15-13-25-8-5-19-15/h2-4,9,15,19H,5-8,10-13H2,1H3/t15-/m1/s1. The van der Waals surface area contributed by atoms with Crippen molar-refractivity contribution in [3.63, 3.8) is 0 Å². The lowest BCUT2D eigenvalue weighted by Crippen LogP contribution is -2.53. The number of methoxy groups -OCH3 is 1. The number of morpholine rings is 1. The minimum Gasteiger partial charge on any atom is -0.497 e. The summed E-state index contributed by atoms with van der Waals surface area (Å²) in [4.78, 5) is 28.3.